The summed E-state index contributed by atoms with van der Waals surface area (Å²) in [6.07, 6.45) is 0. The molecule has 0 spiro atoms. The Labute approximate surface area is 168 Å². The van der Waals surface area contributed by atoms with Crippen molar-refractivity contribution in [2.75, 3.05) is 0 Å². The number of benzene rings is 3. The van der Waals surface area contributed by atoms with Crippen molar-refractivity contribution in [3.05, 3.63) is 101 Å². The zero-order valence-electron chi connectivity index (χ0n) is 15.4. The van der Waals surface area contributed by atoms with Crippen molar-refractivity contribution < 1.29 is 9.53 Å². The second-order valence-electron chi connectivity index (χ2n) is 6.64. The first kappa shape index (κ1) is 18.2. The maximum absolute atomic E-state index is 12.9. The third-order valence-electron chi connectivity index (χ3n) is 4.54. The van der Waals surface area contributed by atoms with Gasteiger partial charge in [-0.3, -0.25) is 0 Å². The number of para-hydroxylation sites is 1. The monoisotopic (exact) mass is 387 g/mol. The Morgan fingerprint density at radius 1 is 0.964 bits per heavy atom. The highest BCUT2D eigenvalue weighted by atomic mass is 35.5. The van der Waals surface area contributed by atoms with E-state index in [2.05, 4.69) is 0 Å². The van der Waals surface area contributed by atoms with Crippen LogP contribution in [0.25, 0.3) is 22.2 Å². The first-order chi connectivity index (χ1) is 13.6. The predicted molar refractivity (Wildman–Crippen MR) is 112 cm³/mol. The molecule has 1 heterocycles. The van der Waals surface area contributed by atoms with Crippen LogP contribution in [0.2, 0.25) is 5.02 Å². The molecule has 4 heteroatoms. The quantitative estimate of drug-likeness (QED) is 0.390. The summed E-state index contributed by atoms with van der Waals surface area (Å²) in [4.78, 5) is 17.6. The van der Waals surface area contributed by atoms with E-state index in [1.54, 1.807) is 18.2 Å². The molecule has 138 valence electrons. The number of nitrogens with zero attached hydrogens (tertiary/aromatic N) is 1. The van der Waals surface area contributed by atoms with Crippen LogP contribution in [0.5, 0.6) is 0 Å². The molecule has 0 aliphatic heterocycles. The number of halogens is 1. The van der Waals surface area contributed by atoms with E-state index in [9.17, 15) is 4.79 Å². The van der Waals surface area contributed by atoms with Crippen molar-refractivity contribution >= 4 is 28.5 Å². The van der Waals surface area contributed by atoms with Gasteiger partial charge in [0.15, 0.2) is 0 Å². The number of rotatable bonds is 4. The molecule has 4 rings (SSSR count). The Bertz CT molecular complexity index is 1150. The minimum Gasteiger partial charge on any atom is -0.457 e. The summed E-state index contributed by atoms with van der Waals surface area (Å²) in [5.41, 5.74) is 4.98. The second kappa shape index (κ2) is 7.83. The van der Waals surface area contributed by atoms with Gasteiger partial charge < -0.3 is 4.74 Å². The average molecular weight is 388 g/mol. The number of aryl methyl sites for hydroxylation is 1. The molecular formula is C24H18ClNO2. The van der Waals surface area contributed by atoms with Crippen molar-refractivity contribution in [1.82, 2.24) is 4.98 Å². The molecule has 0 bridgehead atoms. The Balaban J connectivity index is 1.70. The van der Waals surface area contributed by atoms with Crippen LogP contribution in [0.1, 0.15) is 21.5 Å². The molecule has 0 unspecified atom stereocenters. The molecule has 0 radical (unpaired) electrons. The van der Waals surface area contributed by atoms with Gasteiger partial charge >= 0.3 is 5.97 Å². The molecule has 28 heavy (non-hydrogen) atoms. The molecule has 0 N–H and O–H groups in total. The van der Waals surface area contributed by atoms with E-state index in [0.29, 0.717) is 10.6 Å². The van der Waals surface area contributed by atoms with Gasteiger partial charge in [0.2, 0.25) is 0 Å². The first-order valence-electron chi connectivity index (χ1n) is 8.98. The van der Waals surface area contributed by atoms with Crippen LogP contribution < -0.4 is 0 Å². The molecule has 3 aromatic carbocycles. The van der Waals surface area contributed by atoms with Gasteiger partial charge in [0.05, 0.1) is 16.8 Å². The van der Waals surface area contributed by atoms with Crippen LogP contribution >= 0.6 is 11.6 Å². The van der Waals surface area contributed by atoms with Crippen LogP contribution in [0.3, 0.4) is 0 Å². The van der Waals surface area contributed by atoms with Gasteiger partial charge in [-0.25, -0.2) is 9.78 Å². The Kier molecular flexibility index (Phi) is 5.09. The summed E-state index contributed by atoms with van der Waals surface area (Å²) in [6.45, 7) is 2.20. The minimum atomic E-state index is -0.382. The summed E-state index contributed by atoms with van der Waals surface area (Å²) in [6, 6.07) is 24.8. The third kappa shape index (κ3) is 3.90. The molecule has 0 amide bonds. The van der Waals surface area contributed by atoms with E-state index in [1.165, 1.54) is 5.56 Å². The SMILES string of the molecule is Cc1ccc(-c2cc(C(=O)OCc3cccc(Cl)c3)c3ccccc3n2)cc1. The Morgan fingerprint density at radius 3 is 2.54 bits per heavy atom. The molecule has 4 aromatic rings. The number of fused-ring (bicyclic) bond motifs is 1. The molecule has 0 aliphatic rings. The number of carbonyl (C=O) groups excluding carboxylic acids is 1. The van der Waals surface area contributed by atoms with Gasteiger partial charge in [-0.1, -0.05) is 71.8 Å². The van der Waals surface area contributed by atoms with Crippen LogP contribution in [0.4, 0.5) is 0 Å². The van der Waals surface area contributed by atoms with Gasteiger partial charge in [0.1, 0.15) is 6.61 Å². The van der Waals surface area contributed by atoms with Gasteiger partial charge in [-0.15, -0.1) is 0 Å². The van der Waals surface area contributed by atoms with Crippen LogP contribution in [0.15, 0.2) is 78.9 Å². The zero-order chi connectivity index (χ0) is 19.5. The molecule has 1 aromatic heterocycles. The lowest BCUT2D eigenvalue weighted by Gasteiger charge is -2.10. The minimum absolute atomic E-state index is 0.163. The van der Waals surface area contributed by atoms with Crippen LogP contribution in [-0.2, 0) is 11.3 Å². The van der Waals surface area contributed by atoms with Crippen molar-refractivity contribution in [3.8, 4) is 11.3 Å². The molecule has 0 fully saturated rings. The molecule has 3 nitrogen and oxygen atoms in total. The van der Waals surface area contributed by atoms with Crippen molar-refractivity contribution in [2.24, 2.45) is 0 Å². The number of ether oxygens (including phenoxy) is 1. The van der Waals surface area contributed by atoms with Crippen molar-refractivity contribution in [1.29, 1.82) is 0 Å². The van der Waals surface area contributed by atoms with E-state index in [0.717, 1.165) is 27.7 Å². The number of hydrogen-bond acceptors (Lipinski definition) is 3. The predicted octanol–water partition coefficient (Wildman–Crippen LogP) is 6.22. The normalized spacial score (nSPS) is 10.8. The third-order valence-corrected chi connectivity index (χ3v) is 4.78. The maximum atomic E-state index is 12.9. The highest BCUT2D eigenvalue weighted by molar-refractivity contribution is 6.30. The summed E-state index contributed by atoms with van der Waals surface area (Å²) < 4.78 is 5.56. The lowest BCUT2D eigenvalue weighted by molar-refractivity contribution is 0.0475. The summed E-state index contributed by atoms with van der Waals surface area (Å²) in [5, 5.41) is 1.39. The molecular weight excluding hydrogens is 370 g/mol. The number of aromatic nitrogens is 1. The van der Waals surface area contributed by atoms with Gasteiger partial charge in [-0.2, -0.15) is 0 Å². The van der Waals surface area contributed by atoms with Crippen LogP contribution in [-0.4, -0.2) is 11.0 Å². The van der Waals surface area contributed by atoms with E-state index < -0.39 is 0 Å². The fourth-order valence-electron chi connectivity index (χ4n) is 3.07. The fourth-order valence-corrected chi connectivity index (χ4v) is 3.28. The number of carbonyl (C=O) groups is 1. The average Bonchev–Trinajstić information content (AvgIpc) is 2.72. The first-order valence-corrected chi connectivity index (χ1v) is 9.36. The van der Waals surface area contributed by atoms with Crippen LogP contribution in [0, 0.1) is 6.92 Å². The van der Waals surface area contributed by atoms with E-state index in [-0.39, 0.29) is 12.6 Å². The standard InChI is InChI=1S/C24H18ClNO2/c1-16-9-11-18(12-10-16)23-14-21(20-7-2-3-8-22(20)26-23)24(27)28-15-17-5-4-6-19(25)13-17/h2-14H,15H2,1H3. The summed E-state index contributed by atoms with van der Waals surface area (Å²) in [7, 11) is 0. The van der Waals surface area contributed by atoms with Gasteiger partial charge in [0, 0.05) is 16.0 Å². The van der Waals surface area contributed by atoms with E-state index in [1.807, 2.05) is 67.6 Å². The zero-order valence-corrected chi connectivity index (χ0v) is 16.1. The van der Waals surface area contributed by atoms with E-state index >= 15 is 0 Å². The largest absolute Gasteiger partial charge is 0.457 e. The summed E-state index contributed by atoms with van der Waals surface area (Å²) >= 11 is 6.01. The van der Waals surface area contributed by atoms with Crippen molar-refractivity contribution in [2.45, 2.75) is 13.5 Å². The maximum Gasteiger partial charge on any atom is 0.339 e. The second-order valence-corrected chi connectivity index (χ2v) is 7.08. The molecule has 0 aliphatic carbocycles. The fraction of sp³-hybridized carbons (Fsp3) is 0.0833. The highest BCUT2D eigenvalue weighted by Crippen LogP contribution is 2.26. The lowest BCUT2D eigenvalue weighted by Crippen LogP contribution is -2.07. The smallest absolute Gasteiger partial charge is 0.339 e. The Hall–Kier alpha value is -3.17. The van der Waals surface area contributed by atoms with E-state index in [4.69, 9.17) is 21.3 Å². The molecule has 0 saturated carbocycles. The number of pyridine rings is 1. The van der Waals surface area contributed by atoms with Gasteiger partial charge in [-0.05, 0) is 36.8 Å². The Morgan fingerprint density at radius 2 is 1.75 bits per heavy atom. The highest BCUT2D eigenvalue weighted by Gasteiger charge is 2.15. The topological polar surface area (TPSA) is 39.2 Å². The lowest BCUT2D eigenvalue weighted by atomic mass is 10.0. The van der Waals surface area contributed by atoms with Gasteiger partial charge in [0.25, 0.3) is 0 Å². The number of esters is 1. The van der Waals surface area contributed by atoms with Crippen molar-refractivity contribution in [3.63, 3.8) is 0 Å². The number of hydrogen-bond donors (Lipinski definition) is 0. The summed E-state index contributed by atoms with van der Waals surface area (Å²) in [5.74, 6) is -0.382. The molecule has 0 atom stereocenters. The molecule has 0 saturated heterocycles.